The van der Waals surface area contributed by atoms with Gasteiger partial charge in [0.2, 0.25) is 0 Å². The lowest BCUT2D eigenvalue weighted by molar-refractivity contribution is -0.409. The van der Waals surface area contributed by atoms with Crippen LogP contribution >= 0.6 is 0 Å². The van der Waals surface area contributed by atoms with E-state index in [0.29, 0.717) is 31.7 Å². The molecule has 0 spiro atoms. The minimum atomic E-state index is -0.842. The van der Waals surface area contributed by atoms with Crippen molar-refractivity contribution in [1.29, 1.82) is 0 Å². The zero-order valence-electron chi connectivity index (χ0n) is 18.9. The maximum Gasteiger partial charge on any atom is 0.286 e. The number of unbranched alkanes of at least 4 members (excludes halogenated alkanes) is 5. The first kappa shape index (κ1) is 24.9. The van der Waals surface area contributed by atoms with Crippen molar-refractivity contribution in [1.82, 2.24) is 0 Å². The molecule has 0 amide bonds. The molecule has 3 heteroatoms. The molecule has 0 radical (unpaired) electrons. The third kappa shape index (κ3) is 9.28. The van der Waals surface area contributed by atoms with Crippen molar-refractivity contribution in [3.05, 3.63) is 0 Å². The normalized spacial score (nSPS) is 18.2. The van der Waals surface area contributed by atoms with E-state index in [1.807, 2.05) is 0 Å². The van der Waals surface area contributed by atoms with E-state index in [1.54, 1.807) is 0 Å². The van der Waals surface area contributed by atoms with Crippen LogP contribution in [-0.2, 0) is 14.2 Å². The SMILES string of the molecule is CCCCCCCCC(C1CCCCCCC1)C(OCC)(OCC)OCC. The van der Waals surface area contributed by atoms with E-state index in [4.69, 9.17) is 14.2 Å². The van der Waals surface area contributed by atoms with E-state index in [9.17, 15) is 0 Å². The Bertz CT molecular complexity index is 307. The molecule has 1 aliphatic carbocycles. The van der Waals surface area contributed by atoms with Gasteiger partial charge in [0.1, 0.15) is 0 Å². The highest BCUT2D eigenvalue weighted by atomic mass is 16.9. The van der Waals surface area contributed by atoms with Crippen LogP contribution in [0, 0.1) is 11.8 Å². The second-order valence-electron chi connectivity index (χ2n) is 8.17. The summed E-state index contributed by atoms with van der Waals surface area (Å²) < 4.78 is 18.7. The average Bonchev–Trinajstić information content (AvgIpc) is 2.62. The van der Waals surface area contributed by atoms with Gasteiger partial charge in [-0.1, -0.05) is 77.6 Å². The van der Waals surface area contributed by atoms with Crippen molar-refractivity contribution >= 4 is 0 Å². The van der Waals surface area contributed by atoms with Crippen LogP contribution in [0.1, 0.15) is 118 Å². The highest BCUT2D eigenvalue weighted by Crippen LogP contribution is 2.41. The summed E-state index contributed by atoms with van der Waals surface area (Å²) in [5.74, 6) is 0.165. The van der Waals surface area contributed by atoms with E-state index in [-0.39, 0.29) is 0 Å². The van der Waals surface area contributed by atoms with Crippen LogP contribution in [0.3, 0.4) is 0 Å². The predicted octanol–water partition coefficient (Wildman–Crippen LogP) is 7.48. The van der Waals surface area contributed by atoms with Crippen LogP contribution < -0.4 is 0 Å². The van der Waals surface area contributed by atoms with Gasteiger partial charge in [-0.15, -0.1) is 0 Å². The molecule has 1 unspecified atom stereocenters. The third-order valence-corrected chi connectivity index (χ3v) is 6.08. The second kappa shape index (κ2) is 15.8. The lowest BCUT2D eigenvalue weighted by Crippen LogP contribution is -2.49. The Morgan fingerprint density at radius 1 is 0.667 bits per heavy atom. The topological polar surface area (TPSA) is 27.7 Å². The van der Waals surface area contributed by atoms with E-state index in [2.05, 4.69) is 27.7 Å². The second-order valence-corrected chi connectivity index (χ2v) is 8.17. The Hall–Kier alpha value is -0.120. The molecule has 1 rings (SSSR count). The molecule has 0 heterocycles. The molecule has 3 nitrogen and oxygen atoms in total. The summed E-state index contributed by atoms with van der Waals surface area (Å²) in [6, 6.07) is 0. The summed E-state index contributed by atoms with van der Waals surface area (Å²) in [6.07, 6.45) is 18.6. The fourth-order valence-electron chi connectivity index (χ4n) is 4.79. The summed E-state index contributed by atoms with van der Waals surface area (Å²) in [5.41, 5.74) is 0. The number of hydrogen-bond acceptors (Lipinski definition) is 3. The standard InChI is InChI=1S/C24H48O3/c1-5-9-10-11-15-18-21-23(22-19-16-13-12-14-17-20-22)24(25-6-2,26-7-3)27-8-4/h22-23H,5-21H2,1-4H3. The van der Waals surface area contributed by atoms with Crippen LogP contribution in [0.15, 0.2) is 0 Å². The van der Waals surface area contributed by atoms with E-state index < -0.39 is 5.97 Å². The first-order valence-corrected chi connectivity index (χ1v) is 12.2. The Kier molecular flexibility index (Phi) is 14.5. The molecule has 0 saturated heterocycles. The molecule has 0 aromatic heterocycles. The number of ether oxygens (including phenoxy) is 3. The van der Waals surface area contributed by atoms with Gasteiger partial charge in [-0.3, -0.25) is 0 Å². The van der Waals surface area contributed by atoms with Crippen molar-refractivity contribution in [2.75, 3.05) is 19.8 Å². The first-order valence-electron chi connectivity index (χ1n) is 12.2. The minimum Gasteiger partial charge on any atom is -0.328 e. The van der Waals surface area contributed by atoms with Crippen LogP contribution in [-0.4, -0.2) is 25.8 Å². The molecule has 162 valence electrons. The molecular weight excluding hydrogens is 336 g/mol. The highest BCUT2D eigenvalue weighted by molar-refractivity contribution is 4.81. The van der Waals surface area contributed by atoms with Crippen LogP contribution in [0.5, 0.6) is 0 Å². The summed E-state index contributed by atoms with van der Waals surface area (Å²) in [5, 5.41) is 0. The minimum absolute atomic E-state index is 0.349. The van der Waals surface area contributed by atoms with Gasteiger partial charge in [0.25, 0.3) is 5.97 Å². The van der Waals surface area contributed by atoms with Crippen molar-refractivity contribution in [2.45, 2.75) is 124 Å². The fourth-order valence-corrected chi connectivity index (χ4v) is 4.79. The maximum atomic E-state index is 6.25. The first-order chi connectivity index (χ1) is 13.2. The van der Waals surface area contributed by atoms with Crippen molar-refractivity contribution in [3.63, 3.8) is 0 Å². The van der Waals surface area contributed by atoms with Gasteiger partial charge in [-0.25, -0.2) is 0 Å². The molecule has 1 fully saturated rings. The summed E-state index contributed by atoms with van der Waals surface area (Å²) in [4.78, 5) is 0. The van der Waals surface area contributed by atoms with Crippen molar-refractivity contribution < 1.29 is 14.2 Å². The van der Waals surface area contributed by atoms with Crippen molar-refractivity contribution in [2.24, 2.45) is 11.8 Å². The highest BCUT2D eigenvalue weighted by Gasteiger charge is 2.45. The molecule has 0 aliphatic heterocycles. The van der Waals surface area contributed by atoms with E-state index in [1.165, 1.54) is 83.5 Å². The van der Waals surface area contributed by atoms with Gasteiger partial charge in [0, 0.05) is 25.7 Å². The number of hydrogen-bond donors (Lipinski definition) is 0. The molecule has 0 N–H and O–H groups in total. The Morgan fingerprint density at radius 2 is 1.15 bits per heavy atom. The van der Waals surface area contributed by atoms with Crippen molar-refractivity contribution in [3.8, 4) is 0 Å². The van der Waals surface area contributed by atoms with Gasteiger partial charge in [-0.2, -0.15) is 0 Å². The monoisotopic (exact) mass is 384 g/mol. The lowest BCUT2D eigenvalue weighted by Gasteiger charge is -2.43. The zero-order chi connectivity index (χ0) is 19.8. The van der Waals surface area contributed by atoms with Gasteiger partial charge in [0.15, 0.2) is 0 Å². The summed E-state index contributed by atoms with van der Waals surface area (Å²) >= 11 is 0. The van der Waals surface area contributed by atoms with Gasteiger partial charge < -0.3 is 14.2 Å². The lowest BCUT2D eigenvalue weighted by atomic mass is 9.77. The van der Waals surface area contributed by atoms with E-state index >= 15 is 0 Å². The molecule has 0 aromatic rings. The van der Waals surface area contributed by atoms with Crippen LogP contribution in [0.4, 0.5) is 0 Å². The zero-order valence-corrected chi connectivity index (χ0v) is 18.9. The average molecular weight is 385 g/mol. The molecule has 27 heavy (non-hydrogen) atoms. The Morgan fingerprint density at radius 3 is 1.67 bits per heavy atom. The van der Waals surface area contributed by atoms with Gasteiger partial charge >= 0.3 is 0 Å². The van der Waals surface area contributed by atoms with E-state index in [0.717, 1.165) is 6.42 Å². The largest absolute Gasteiger partial charge is 0.328 e. The third-order valence-electron chi connectivity index (χ3n) is 6.08. The van der Waals surface area contributed by atoms with Gasteiger partial charge in [0.05, 0.1) is 0 Å². The molecular formula is C24H48O3. The van der Waals surface area contributed by atoms with Crippen LogP contribution in [0.2, 0.25) is 0 Å². The summed E-state index contributed by atoms with van der Waals surface area (Å²) in [7, 11) is 0. The molecule has 0 bridgehead atoms. The Balaban J connectivity index is 2.86. The molecule has 1 aliphatic rings. The molecule has 0 aromatic carbocycles. The number of rotatable bonds is 15. The predicted molar refractivity (Wildman–Crippen MR) is 115 cm³/mol. The fraction of sp³-hybridized carbons (Fsp3) is 1.00. The smallest absolute Gasteiger partial charge is 0.286 e. The van der Waals surface area contributed by atoms with Gasteiger partial charge in [-0.05, 0) is 46.0 Å². The molecule has 1 atom stereocenters. The van der Waals surface area contributed by atoms with Crippen LogP contribution in [0.25, 0.3) is 0 Å². The quantitative estimate of drug-likeness (QED) is 0.216. The maximum absolute atomic E-state index is 6.25. The summed E-state index contributed by atoms with van der Waals surface area (Å²) in [6.45, 7) is 10.4. The Labute approximate surface area is 169 Å². The molecule has 1 saturated carbocycles.